The van der Waals surface area contributed by atoms with Crippen LogP contribution in [-0.2, 0) is 4.79 Å². The minimum Gasteiger partial charge on any atom is -0.497 e. The van der Waals surface area contributed by atoms with Gasteiger partial charge in [0.1, 0.15) is 5.75 Å². The summed E-state index contributed by atoms with van der Waals surface area (Å²) in [6, 6.07) is 10.4. The molecule has 0 saturated heterocycles. The van der Waals surface area contributed by atoms with Crippen molar-refractivity contribution in [3.63, 3.8) is 0 Å². The molecule has 0 aliphatic heterocycles. The summed E-state index contributed by atoms with van der Waals surface area (Å²) in [7, 11) is 1.58. The van der Waals surface area contributed by atoms with Gasteiger partial charge in [-0.15, -0.1) is 0 Å². The fourth-order valence-corrected chi connectivity index (χ4v) is 1.59. The fourth-order valence-electron chi connectivity index (χ4n) is 1.59. The highest BCUT2D eigenvalue weighted by atomic mass is 16.5. The van der Waals surface area contributed by atoms with Gasteiger partial charge in [0, 0.05) is 17.3 Å². The Kier molecular flexibility index (Phi) is 3.48. The molecular weight excluding hydrogens is 230 g/mol. The summed E-state index contributed by atoms with van der Waals surface area (Å²) in [5, 5.41) is 0. The molecule has 0 aliphatic carbocycles. The van der Waals surface area contributed by atoms with Gasteiger partial charge in [-0.2, -0.15) is 0 Å². The summed E-state index contributed by atoms with van der Waals surface area (Å²) in [4.78, 5) is 25.9. The van der Waals surface area contributed by atoms with E-state index in [-0.39, 0.29) is 0 Å². The minimum absolute atomic E-state index is 0.296. The van der Waals surface area contributed by atoms with E-state index in [0.717, 1.165) is 5.56 Å². The Morgan fingerprint density at radius 2 is 2.11 bits per heavy atom. The molecular formula is C14H11NO3. The third kappa shape index (κ3) is 2.43. The van der Waals surface area contributed by atoms with E-state index in [2.05, 4.69) is 4.98 Å². The summed E-state index contributed by atoms with van der Waals surface area (Å²) in [6.45, 7) is 0. The lowest BCUT2D eigenvalue weighted by Gasteiger charge is -2.04. The van der Waals surface area contributed by atoms with Crippen molar-refractivity contribution in [2.24, 2.45) is 0 Å². The second-order valence-corrected chi connectivity index (χ2v) is 3.64. The third-order valence-corrected chi connectivity index (χ3v) is 2.52. The van der Waals surface area contributed by atoms with Gasteiger partial charge in [0.15, 0.2) is 6.29 Å². The number of aldehydes is 1. The Bertz CT molecular complexity index is 593. The average molecular weight is 241 g/mol. The van der Waals surface area contributed by atoms with E-state index in [1.807, 2.05) is 24.3 Å². The van der Waals surface area contributed by atoms with E-state index in [1.165, 1.54) is 12.3 Å². The van der Waals surface area contributed by atoms with E-state index in [0.29, 0.717) is 23.3 Å². The molecule has 0 fully saturated rings. The summed E-state index contributed by atoms with van der Waals surface area (Å²) >= 11 is 0. The second-order valence-electron chi connectivity index (χ2n) is 3.64. The molecule has 1 heterocycles. The number of methoxy groups -OCH3 is 1. The van der Waals surface area contributed by atoms with E-state index in [9.17, 15) is 9.59 Å². The first-order chi connectivity index (χ1) is 8.74. The Balaban J connectivity index is 2.44. The van der Waals surface area contributed by atoms with Gasteiger partial charge in [-0.05, 0) is 24.3 Å². The average Bonchev–Trinajstić information content (AvgIpc) is 2.46. The topological polar surface area (TPSA) is 56.3 Å². The number of hydrogen-bond acceptors (Lipinski definition) is 4. The number of benzene rings is 1. The summed E-state index contributed by atoms with van der Waals surface area (Å²) in [6.07, 6.45) is 1.80. The summed E-state index contributed by atoms with van der Waals surface area (Å²) in [5.74, 6) is 0.156. The predicted octanol–water partition coefficient (Wildman–Crippen LogP) is 2.14. The van der Waals surface area contributed by atoms with E-state index in [1.54, 1.807) is 13.2 Å². The molecule has 2 aromatic rings. The maximum Gasteiger partial charge on any atom is 0.225 e. The second kappa shape index (κ2) is 5.23. The standard InChI is InChI=1S/C14H11NO3/c1-18-12-4-2-3-10(7-12)13-8-11(5-6-15-13)14(17)9-16/h2-9H,1H3. The third-order valence-electron chi connectivity index (χ3n) is 2.52. The first kappa shape index (κ1) is 12.0. The van der Waals surface area contributed by atoms with Crippen molar-refractivity contribution in [3.05, 3.63) is 48.2 Å². The molecule has 0 unspecified atom stereocenters. The van der Waals surface area contributed by atoms with Gasteiger partial charge in [0.2, 0.25) is 5.78 Å². The molecule has 0 spiro atoms. The summed E-state index contributed by atoms with van der Waals surface area (Å²) in [5.41, 5.74) is 1.79. The molecule has 0 atom stereocenters. The maximum absolute atomic E-state index is 11.3. The molecule has 90 valence electrons. The van der Waals surface area contributed by atoms with Crippen LogP contribution in [0, 0.1) is 0 Å². The molecule has 0 aliphatic rings. The Morgan fingerprint density at radius 3 is 2.83 bits per heavy atom. The Labute approximate surface area is 104 Å². The molecule has 1 aromatic carbocycles. The molecule has 0 N–H and O–H groups in total. The Morgan fingerprint density at radius 1 is 1.28 bits per heavy atom. The van der Waals surface area contributed by atoms with Gasteiger partial charge in [-0.1, -0.05) is 12.1 Å². The maximum atomic E-state index is 11.3. The van der Waals surface area contributed by atoms with Crippen molar-refractivity contribution in [2.75, 3.05) is 7.11 Å². The van der Waals surface area contributed by atoms with Crippen molar-refractivity contribution >= 4 is 12.1 Å². The lowest BCUT2D eigenvalue weighted by Crippen LogP contribution is -2.00. The number of ketones is 1. The van der Waals surface area contributed by atoms with Crippen molar-refractivity contribution in [1.29, 1.82) is 0 Å². The van der Waals surface area contributed by atoms with Crippen LogP contribution >= 0.6 is 0 Å². The predicted molar refractivity (Wildman–Crippen MR) is 66.6 cm³/mol. The molecule has 1 aromatic heterocycles. The molecule has 18 heavy (non-hydrogen) atoms. The normalized spacial score (nSPS) is 9.83. The molecule has 4 nitrogen and oxygen atoms in total. The molecule has 0 saturated carbocycles. The number of Topliss-reactive ketones (excluding diaryl/α,β-unsaturated/α-hetero) is 1. The van der Waals surface area contributed by atoms with Crippen molar-refractivity contribution < 1.29 is 14.3 Å². The van der Waals surface area contributed by atoms with E-state index < -0.39 is 5.78 Å². The van der Waals surface area contributed by atoms with Gasteiger partial charge in [0.25, 0.3) is 0 Å². The minimum atomic E-state index is -0.554. The number of aromatic nitrogens is 1. The van der Waals surface area contributed by atoms with Crippen molar-refractivity contribution in [2.45, 2.75) is 0 Å². The van der Waals surface area contributed by atoms with Crippen LogP contribution in [0.25, 0.3) is 11.3 Å². The monoisotopic (exact) mass is 241 g/mol. The molecule has 2 rings (SSSR count). The molecule has 0 radical (unpaired) electrons. The van der Waals surface area contributed by atoms with Crippen LogP contribution in [0.3, 0.4) is 0 Å². The van der Waals surface area contributed by atoms with Gasteiger partial charge < -0.3 is 4.74 Å². The summed E-state index contributed by atoms with van der Waals surface area (Å²) < 4.78 is 5.12. The molecule has 4 heteroatoms. The Hall–Kier alpha value is -2.49. The fraction of sp³-hybridized carbons (Fsp3) is 0.0714. The van der Waals surface area contributed by atoms with Gasteiger partial charge in [-0.25, -0.2) is 0 Å². The number of rotatable bonds is 4. The number of carbonyl (C=O) groups excluding carboxylic acids is 2. The zero-order valence-corrected chi connectivity index (χ0v) is 9.79. The van der Waals surface area contributed by atoms with E-state index >= 15 is 0 Å². The van der Waals surface area contributed by atoms with Crippen LogP contribution in [0.2, 0.25) is 0 Å². The number of pyridine rings is 1. The number of carbonyl (C=O) groups is 2. The van der Waals surface area contributed by atoms with Crippen LogP contribution in [0.5, 0.6) is 5.75 Å². The van der Waals surface area contributed by atoms with Crippen LogP contribution in [0.1, 0.15) is 10.4 Å². The zero-order valence-electron chi connectivity index (χ0n) is 9.79. The largest absolute Gasteiger partial charge is 0.497 e. The van der Waals surface area contributed by atoms with Gasteiger partial charge in [-0.3, -0.25) is 14.6 Å². The quantitative estimate of drug-likeness (QED) is 0.467. The number of nitrogens with zero attached hydrogens (tertiary/aromatic N) is 1. The highest BCUT2D eigenvalue weighted by molar-refractivity contribution is 6.33. The molecule has 0 bridgehead atoms. The first-order valence-electron chi connectivity index (χ1n) is 5.34. The van der Waals surface area contributed by atoms with Gasteiger partial charge >= 0.3 is 0 Å². The number of hydrogen-bond donors (Lipinski definition) is 0. The van der Waals surface area contributed by atoms with E-state index in [4.69, 9.17) is 4.74 Å². The first-order valence-corrected chi connectivity index (χ1v) is 5.34. The smallest absolute Gasteiger partial charge is 0.225 e. The van der Waals surface area contributed by atoms with Crippen molar-refractivity contribution in [3.8, 4) is 17.0 Å². The van der Waals surface area contributed by atoms with Crippen LogP contribution < -0.4 is 4.74 Å². The molecule has 0 amide bonds. The van der Waals surface area contributed by atoms with Crippen molar-refractivity contribution in [1.82, 2.24) is 4.98 Å². The lowest BCUT2D eigenvalue weighted by atomic mass is 10.1. The lowest BCUT2D eigenvalue weighted by molar-refractivity contribution is -0.104. The SMILES string of the molecule is COc1cccc(-c2cc(C(=O)C=O)ccn2)c1. The van der Waals surface area contributed by atoms with Crippen LogP contribution in [0.15, 0.2) is 42.6 Å². The zero-order chi connectivity index (χ0) is 13.0. The van der Waals surface area contributed by atoms with Gasteiger partial charge in [0.05, 0.1) is 12.8 Å². The highest BCUT2D eigenvalue weighted by Gasteiger charge is 2.07. The van der Waals surface area contributed by atoms with Crippen LogP contribution in [-0.4, -0.2) is 24.2 Å². The number of ether oxygens (including phenoxy) is 1. The highest BCUT2D eigenvalue weighted by Crippen LogP contribution is 2.22. The van der Waals surface area contributed by atoms with Crippen LogP contribution in [0.4, 0.5) is 0 Å².